The average molecular weight is 352 g/mol. The zero-order valence-electron chi connectivity index (χ0n) is 14.7. The third-order valence-corrected chi connectivity index (χ3v) is 5.05. The number of aromatic nitrogens is 1. The predicted molar refractivity (Wildman–Crippen MR) is 96.5 cm³/mol. The summed E-state index contributed by atoms with van der Waals surface area (Å²) >= 11 is 0. The third-order valence-electron chi connectivity index (χ3n) is 5.05. The lowest BCUT2D eigenvalue weighted by Crippen LogP contribution is -2.25. The Morgan fingerprint density at radius 1 is 1.15 bits per heavy atom. The number of nitrogens with zero attached hydrogens (tertiary/aromatic N) is 1. The Labute approximate surface area is 151 Å². The van der Waals surface area contributed by atoms with Crippen LogP contribution in [0.15, 0.2) is 30.5 Å². The first-order chi connectivity index (χ1) is 12.5. The maximum absolute atomic E-state index is 14.3. The fraction of sp³-hybridized carbons (Fsp3) is 0.381. The van der Waals surface area contributed by atoms with E-state index in [2.05, 4.69) is 10.3 Å². The summed E-state index contributed by atoms with van der Waals surface area (Å²) in [7, 11) is 0. The highest BCUT2D eigenvalue weighted by atomic mass is 19.1. The lowest BCUT2D eigenvalue weighted by molar-refractivity contribution is 0.0948. The number of hydrogen-bond acceptors (Lipinski definition) is 3. The highest BCUT2D eigenvalue weighted by molar-refractivity contribution is 5.97. The molecule has 1 heterocycles. The standard InChI is InChI=1S/C21H21FN2O2/c1-12-17(9-15(10-18(12)22)21(26)24-16-5-6-16)19-7-4-14(11-23-19)20(25)8-13-2-3-13/h4,7,9-11,13,16H,2-3,5-6,8H2,1H3,(H,24,26). The van der Waals surface area contributed by atoms with Crippen LogP contribution in [-0.4, -0.2) is 22.7 Å². The number of carbonyl (C=O) groups excluding carboxylic acids is 2. The fourth-order valence-electron chi connectivity index (χ4n) is 2.99. The van der Waals surface area contributed by atoms with Crippen LogP contribution in [0.1, 0.15) is 58.4 Å². The zero-order valence-corrected chi connectivity index (χ0v) is 14.7. The Morgan fingerprint density at radius 2 is 1.92 bits per heavy atom. The molecule has 1 aromatic carbocycles. The molecular weight excluding hydrogens is 331 g/mol. The molecule has 2 saturated carbocycles. The lowest BCUT2D eigenvalue weighted by atomic mass is 9.99. The molecule has 1 amide bonds. The van der Waals surface area contributed by atoms with E-state index < -0.39 is 5.82 Å². The topological polar surface area (TPSA) is 59.1 Å². The van der Waals surface area contributed by atoms with Crippen molar-refractivity contribution in [2.24, 2.45) is 5.92 Å². The lowest BCUT2D eigenvalue weighted by Gasteiger charge is -2.11. The third kappa shape index (κ3) is 3.66. The van der Waals surface area contributed by atoms with Crippen LogP contribution in [0.5, 0.6) is 0 Å². The second kappa shape index (κ2) is 6.63. The van der Waals surface area contributed by atoms with E-state index in [1.807, 2.05) is 0 Å². The molecule has 2 aromatic rings. The predicted octanol–water partition coefficient (Wildman–Crippen LogP) is 4.07. The summed E-state index contributed by atoms with van der Waals surface area (Å²) < 4.78 is 14.3. The Kier molecular flexibility index (Phi) is 4.31. The van der Waals surface area contributed by atoms with Crippen molar-refractivity contribution >= 4 is 11.7 Å². The minimum absolute atomic E-state index is 0.104. The van der Waals surface area contributed by atoms with Gasteiger partial charge in [0, 0.05) is 35.3 Å². The van der Waals surface area contributed by atoms with Crippen LogP contribution in [0.2, 0.25) is 0 Å². The van der Waals surface area contributed by atoms with Crippen molar-refractivity contribution in [1.82, 2.24) is 10.3 Å². The van der Waals surface area contributed by atoms with E-state index in [0.29, 0.717) is 40.3 Å². The van der Waals surface area contributed by atoms with Gasteiger partial charge < -0.3 is 5.32 Å². The second-order valence-electron chi connectivity index (χ2n) is 7.38. The Morgan fingerprint density at radius 3 is 2.54 bits per heavy atom. The SMILES string of the molecule is Cc1c(F)cc(C(=O)NC2CC2)cc1-c1ccc(C(=O)CC2CC2)cn1. The summed E-state index contributed by atoms with van der Waals surface area (Å²) in [5.74, 6) is -0.0600. The Hall–Kier alpha value is -2.56. The van der Waals surface area contributed by atoms with Gasteiger partial charge in [0.15, 0.2) is 5.78 Å². The van der Waals surface area contributed by atoms with Crippen molar-refractivity contribution < 1.29 is 14.0 Å². The molecule has 0 spiro atoms. The molecule has 0 unspecified atom stereocenters. The first kappa shape index (κ1) is 16.9. The van der Waals surface area contributed by atoms with E-state index in [9.17, 15) is 14.0 Å². The molecule has 5 heteroatoms. The molecule has 134 valence electrons. The number of carbonyl (C=O) groups is 2. The molecule has 1 aromatic heterocycles. The summed E-state index contributed by atoms with van der Waals surface area (Å²) in [5, 5.41) is 2.87. The Bertz CT molecular complexity index is 868. The van der Waals surface area contributed by atoms with Crippen molar-refractivity contribution in [2.45, 2.75) is 45.1 Å². The number of amides is 1. The molecular formula is C21H21FN2O2. The molecule has 2 aliphatic rings. The molecule has 4 rings (SSSR count). The molecule has 26 heavy (non-hydrogen) atoms. The molecule has 0 bridgehead atoms. The van der Waals surface area contributed by atoms with E-state index in [0.717, 1.165) is 25.7 Å². The fourth-order valence-corrected chi connectivity index (χ4v) is 2.99. The molecule has 0 radical (unpaired) electrons. The molecule has 1 N–H and O–H groups in total. The van der Waals surface area contributed by atoms with Gasteiger partial charge in [-0.2, -0.15) is 0 Å². The van der Waals surface area contributed by atoms with Crippen LogP contribution >= 0.6 is 0 Å². The summed E-state index contributed by atoms with van der Waals surface area (Å²) in [6.07, 6.45) is 6.34. The number of benzene rings is 1. The number of rotatable bonds is 6. The summed E-state index contributed by atoms with van der Waals surface area (Å²) in [4.78, 5) is 28.8. The van der Waals surface area contributed by atoms with Crippen LogP contribution in [0.25, 0.3) is 11.3 Å². The highest BCUT2D eigenvalue weighted by Crippen LogP contribution is 2.33. The number of hydrogen-bond donors (Lipinski definition) is 1. The number of pyridine rings is 1. The summed E-state index contributed by atoms with van der Waals surface area (Å²) in [6, 6.07) is 6.62. The first-order valence-electron chi connectivity index (χ1n) is 9.12. The van der Waals surface area contributed by atoms with Gasteiger partial charge in [-0.25, -0.2) is 4.39 Å². The summed E-state index contributed by atoms with van der Waals surface area (Å²) in [5.41, 5.74) is 2.46. The maximum Gasteiger partial charge on any atom is 0.251 e. The van der Waals surface area contributed by atoms with Crippen molar-refractivity contribution in [3.05, 3.63) is 53.0 Å². The zero-order chi connectivity index (χ0) is 18.3. The highest BCUT2D eigenvalue weighted by Gasteiger charge is 2.26. The first-order valence-corrected chi connectivity index (χ1v) is 9.12. The van der Waals surface area contributed by atoms with Crippen LogP contribution in [-0.2, 0) is 0 Å². The molecule has 2 fully saturated rings. The largest absolute Gasteiger partial charge is 0.349 e. The van der Waals surface area contributed by atoms with E-state index in [-0.39, 0.29) is 17.7 Å². The van der Waals surface area contributed by atoms with Crippen molar-refractivity contribution in [1.29, 1.82) is 0 Å². The normalized spacial score (nSPS) is 16.4. The van der Waals surface area contributed by atoms with Crippen LogP contribution in [0.4, 0.5) is 4.39 Å². The smallest absolute Gasteiger partial charge is 0.251 e. The number of ketones is 1. The van der Waals surface area contributed by atoms with Gasteiger partial charge in [0.05, 0.1) is 5.69 Å². The van der Waals surface area contributed by atoms with E-state index in [1.54, 1.807) is 31.3 Å². The van der Waals surface area contributed by atoms with E-state index in [1.165, 1.54) is 6.07 Å². The second-order valence-corrected chi connectivity index (χ2v) is 7.38. The van der Waals surface area contributed by atoms with Gasteiger partial charge in [-0.3, -0.25) is 14.6 Å². The van der Waals surface area contributed by atoms with Crippen LogP contribution in [0, 0.1) is 18.7 Å². The van der Waals surface area contributed by atoms with Gasteiger partial charge >= 0.3 is 0 Å². The number of halogens is 1. The molecule has 4 nitrogen and oxygen atoms in total. The van der Waals surface area contributed by atoms with Crippen molar-refractivity contribution in [3.8, 4) is 11.3 Å². The minimum atomic E-state index is -0.431. The van der Waals surface area contributed by atoms with Crippen LogP contribution < -0.4 is 5.32 Å². The van der Waals surface area contributed by atoms with Crippen molar-refractivity contribution in [3.63, 3.8) is 0 Å². The Balaban J connectivity index is 1.60. The van der Waals surface area contributed by atoms with E-state index >= 15 is 0 Å². The monoisotopic (exact) mass is 352 g/mol. The van der Waals surface area contributed by atoms with Gasteiger partial charge in [0.2, 0.25) is 0 Å². The van der Waals surface area contributed by atoms with Gasteiger partial charge in [-0.1, -0.05) is 0 Å². The minimum Gasteiger partial charge on any atom is -0.349 e. The van der Waals surface area contributed by atoms with Gasteiger partial charge in [0.1, 0.15) is 5.82 Å². The average Bonchev–Trinajstić information content (AvgIpc) is 3.54. The quantitative estimate of drug-likeness (QED) is 0.797. The molecule has 0 atom stereocenters. The number of Topliss-reactive ketones (excluding diaryl/α,β-unsaturated/α-hetero) is 1. The molecule has 0 saturated heterocycles. The summed E-state index contributed by atoms with van der Waals surface area (Å²) in [6.45, 7) is 1.67. The molecule has 2 aliphatic carbocycles. The van der Waals surface area contributed by atoms with Crippen LogP contribution in [0.3, 0.4) is 0 Å². The van der Waals surface area contributed by atoms with E-state index in [4.69, 9.17) is 0 Å². The molecule has 0 aliphatic heterocycles. The van der Waals surface area contributed by atoms with Gasteiger partial charge in [-0.15, -0.1) is 0 Å². The van der Waals surface area contributed by atoms with Gasteiger partial charge in [0.25, 0.3) is 5.91 Å². The number of nitrogens with one attached hydrogen (secondary N) is 1. The van der Waals surface area contributed by atoms with Crippen molar-refractivity contribution in [2.75, 3.05) is 0 Å². The van der Waals surface area contributed by atoms with Gasteiger partial charge in [-0.05, 0) is 68.4 Å². The maximum atomic E-state index is 14.3.